The second kappa shape index (κ2) is 7.74. The molecule has 0 radical (unpaired) electrons. The number of nitrogen functional groups attached to an aromatic ring is 1. The molecule has 1 aromatic rings. The Morgan fingerprint density at radius 3 is 2.50 bits per heavy atom. The highest BCUT2D eigenvalue weighted by atomic mass is 79.9. The molecule has 1 rings (SSSR count). The molecule has 0 fully saturated rings. The predicted molar refractivity (Wildman–Crippen MR) is 81.3 cm³/mol. The highest BCUT2D eigenvalue weighted by Gasteiger charge is 2.16. The topological polar surface area (TPSA) is 72.3 Å². The van der Waals surface area contributed by atoms with Crippen molar-refractivity contribution in [3.05, 3.63) is 28.2 Å². The molecule has 4 nitrogen and oxygen atoms in total. The van der Waals surface area contributed by atoms with Gasteiger partial charge in [-0.25, -0.2) is 0 Å². The first-order chi connectivity index (χ1) is 7.95. The van der Waals surface area contributed by atoms with Gasteiger partial charge in [-0.15, -0.1) is 12.4 Å². The van der Waals surface area contributed by atoms with Gasteiger partial charge in [-0.05, 0) is 48.2 Å². The third kappa shape index (κ3) is 4.57. The molecule has 102 valence electrons. The van der Waals surface area contributed by atoms with Crippen molar-refractivity contribution in [2.24, 2.45) is 5.73 Å². The molecule has 0 amide bonds. The summed E-state index contributed by atoms with van der Waals surface area (Å²) in [6.45, 7) is 0.467. The van der Waals surface area contributed by atoms with Crippen LogP contribution in [0.1, 0.15) is 16.8 Å². The van der Waals surface area contributed by atoms with E-state index in [9.17, 15) is 4.79 Å². The van der Waals surface area contributed by atoms with Crippen molar-refractivity contribution in [3.63, 3.8) is 0 Å². The van der Waals surface area contributed by atoms with Gasteiger partial charge in [0.15, 0.2) is 5.78 Å². The minimum absolute atomic E-state index is 0. The van der Waals surface area contributed by atoms with E-state index in [2.05, 4.69) is 15.9 Å². The Balaban J connectivity index is 0.00000289. The normalized spacial score (nSPS) is 12.1. The van der Waals surface area contributed by atoms with E-state index in [0.29, 0.717) is 24.2 Å². The van der Waals surface area contributed by atoms with Gasteiger partial charge in [0.05, 0.1) is 0 Å². The summed E-state index contributed by atoms with van der Waals surface area (Å²) in [4.78, 5) is 14.0. The summed E-state index contributed by atoms with van der Waals surface area (Å²) in [7, 11) is 3.84. The van der Waals surface area contributed by atoms with Crippen LogP contribution in [0.4, 0.5) is 5.69 Å². The van der Waals surface area contributed by atoms with E-state index in [1.54, 1.807) is 18.2 Å². The van der Waals surface area contributed by atoms with E-state index in [0.717, 1.165) is 4.47 Å². The largest absolute Gasteiger partial charge is 0.398 e. The van der Waals surface area contributed by atoms with Crippen LogP contribution in [0.5, 0.6) is 0 Å². The summed E-state index contributed by atoms with van der Waals surface area (Å²) in [6, 6.07) is 5.29. The number of anilines is 1. The van der Waals surface area contributed by atoms with Crippen LogP contribution in [0, 0.1) is 0 Å². The fourth-order valence-electron chi connectivity index (χ4n) is 1.51. The maximum absolute atomic E-state index is 12.0. The average Bonchev–Trinajstić information content (AvgIpc) is 2.28. The molecule has 0 aliphatic rings. The predicted octanol–water partition coefficient (Wildman–Crippen LogP) is 1.91. The molecule has 0 aliphatic heterocycles. The molecule has 0 aromatic heterocycles. The number of nitrogens with two attached hydrogens (primary N) is 2. The lowest BCUT2D eigenvalue weighted by molar-refractivity contribution is 0.0946. The maximum Gasteiger partial charge on any atom is 0.164 e. The summed E-state index contributed by atoms with van der Waals surface area (Å²) < 4.78 is 0.748. The van der Waals surface area contributed by atoms with Gasteiger partial charge in [-0.1, -0.05) is 0 Å². The quantitative estimate of drug-likeness (QED) is 0.636. The maximum atomic E-state index is 12.0. The molecule has 1 aromatic carbocycles. The van der Waals surface area contributed by atoms with E-state index in [1.165, 1.54) is 0 Å². The molecule has 18 heavy (non-hydrogen) atoms. The number of ketones is 1. The van der Waals surface area contributed by atoms with Crippen LogP contribution in [0.3, 0.4) is 0 Å². The van der Waals surface area contributed by atoms with Crippen LogP contribution < -0.4 is 11.5 Å². The summed E-state index contributed by atoms with van der Waals surface area (Å²) >= 11 is 3.31. The summed E-state index contributed by atoms with van der Waals surface area (Å²) in [5.74, 6) is 0.0786. The van der Waals surface area contributed by atoms with Gasteiger partial charge in [0.25, 0.3) is 0 Å². The molecule has 0 spiro atoms. The van der Waals surface area contributed by atoms with Gasteiger partial charge < -0.3 is 16.4 Å². The van der Waals surface area contributed by atoms with Crippen molar-refractivity contribution < 1.29 is 4.79 Å². The number of carbonyl (C=O) groups excluding carboxylic acids is 1. The molecule has 4 N–H and O–H groups in total. The lowest BCUT2D eigenvalue weighted by atomic mass is 10.0. The lowest BCUT2D eigenvalue weighted by Gasteiger charge is -2.21. The number of carbonyl (C=O) groups is 1. The molecule has 0 saturated heterocycles. The molecule has 1 unspecified atom stereocenters. The van der Waals surface area contributed by atoms with Gasteiger partial charge in [-0.2, -0.15) is 0 Å². The number of likely N-dealkylation sites (N-methyl/N-ethyl adjacent to an activating group) is 1. The Bertz CT molecular complexity index is 412. The summed E-state index contributed by atoms with van der Waals surface area (Å²) in [5, 5.41) is 0. The molecular weight excluding hydrogens is 318 g/mol. The second-order valence-corrected chi connectivity index (χ2v) is 5.07. The molecule has 1 atom stereocenters. The van der Waals surface area contributed by atoms with Crippen molar-refractivity contribution in [3.8, 4) is 0 Å². The number of benzene rings is 1. The van der Waals surface area contributed by atoms with Crippen LogP contribution in [0.15, 0.2) is 22.7 Å². The van der Waals surface area contributed by atoms with Crippen LogP contribution in [0.2, 0.25) is 0 Å². The van der Waals surface area contributed by atoms with Gasteiger partial charge in [0.2, 0.25) is 0 Å². The molecule has 0 saturated carbocycles. The Morgan fingerprint density at radius 1 is 1.44 bits per heavy atom. The number of hydrogen-bond acceptors (Lipinski definition) is 4. The molecule has 6 heteroatoms. The van der Waals surface area contributed by atoms with Crippen LogP contribution in [-0.2, 0) is 0 Å². The van der Waals surface area contributed by atoms with E-state index < -0.39 is 0 Å². The van der Waals surface area contributed by atoms with Gasteiger partial charge >= 0.3 is 0 Å². The third-order valence-corrected chi connectivity index (χ3v) is 3.43. The van der Waals surface area contributed by atoms with Crippen molar-refractivity contribution >= 4 is 39.8 Å². The number of halogens is 2. The second-order valence-electron chi connectivity index (χ2n) is 4.22. The Labute approximate surface area is 122 Å². The molecule has 0 heterocycles. The smallest absolute Gasteiger partial charge is 0.164 e. The standard InChI is InChI=1S/C12H18BrN3O.ClH/c1-16(2)9(7-14)6-12(17)8-3-4-11(15)10(13)5-8;/h3-5,9H,6-7,14-15H2,1-2H3;1H. The molecular formula is C12H19BrClN3O. The van der Waals surface area contributed by atoms with Gasteiger partial charge in [-0.3, -0.25) is 4.79 Å². The average molecular weight is 337 g/mol. The van der Waals surface area contributed by atoms with E-state index >= 15 is 0 Å². The first-order valence-electron chi connectivity index (χ1n) is 5.40. The first-order valence-corrected chi connectivity index (χ1v) is 6.19. The summed E-state index contributed by atoms with van der Waals surface area (Å²) in [6.07, 6.45) is 0.417. The first kappa shape index (κ1) is 17.4. The minimum atomic E-state index is 0. The molecule has 0 aliphatic carbocycles. The highest BCUT2D eigenvalue weighted by Crippen LogP contribution is 2.21. The van der Waals surface area contributed by atoms with E-state index in [4.69, 9.17) is 11.5 Å². The summed E-state index contributed by atoms with van der Waals surface area (Å²) in [5.41, 5.74) is 12.6. The zero-order valence-corrected chi connectivity index (χ0v) is 12.9. The Hall–Kier alpha value is -0.620. The Morgan fingerprint density at radius 2 is 2.06 bits per heavy atom. The van der Waals surface area contributed by atoms with Crippen molar-refractivity contribution in [1.82, 2.24) is 4.90 Å². The number of nitrogens with zero attached hydrogens (tertiary/aromatic N) is 1. The molecule has 0 bridgehead atoms. The van der Waals surface area contributed by atoms with Crippen molar-refractivity contribution in [2.45, 2.75) is 12.5 Å². The van der Waals surface area contributed by atoms with Crippen molar-refractivity contribution in [2.75, 3.05) is 26.4 Å². The SMILES string of the molecule is CN(C)C(CN)CC(=O)c1ccc(N)c(Br)c1.Cl. The van der Waals surface area contributed by atoms with Gasteiger partial charge in [0, 0.05) is 34.7 Å². The lowest BCUT2D eigenvalue weighted by Crippen LogP contribution is -2.36. The fraction of sp³-hybridized carbons (Fsp3) is 0.417. The van der Waals surface area contributed by atoms with E-state index in [-0.39, 0.29) is 24.2 Å². The van der Waals surface area contributed by atoms with Gasteiger partial charge in [0.1, 0.15) is 0 Å². The van der Waals surface area contributed by atoms with Crippen LogP contribution >= 0.6 is 28.3 Å². The van der Waals surface area contributed by atoms with E-state index in [1.807, 2.05) is 19.0 Å². The van der Waals surface area contributed by atoms with Crippen molar-refractivity contribution in [1.29, 1.82) is 0 Å². The third-order valence-electron chi connectivity index (χ3n) is 2.75. The fourth-order valence-corrected chi connectivity index (χ4v) is 1.89. The highest BCUT2D eigenvalue weighted by molar-refractivity contribution is 9.10. The minimum Gasteiger partial charge on any atom is -0.398 e. The van der Waals surface area contributed by atoms with Crippen LogP contribution in [-0.4, -0.2) is 37.4 Å². The number of rotatable bonds is 5. The number of Topliss-reactive ketones (excluding diaryl/α,β-unsaturated/α-hetero) is 1. The van der Waals surface area contributed by atoms with Crippen LogP contribution in [0.25, 0.3) is 0 Å². The number of hydrogen-bond donors (Lipinski definition) is 2. The zero-order valence-electron chi connectivity index (χ0n) is 10.5. The monoisotopic (exact) mass is 335 g/mol. The Kier molecular flexibility index (Phi) is 7.47. The zero-order chi connectivity index (χ0) is 13.0.